The van der Waals surface area contributed by atoms with Crippen LogP contribution in [0.5, 0.6) is 5.75 Å². The van der Waals surface area contributed by atoms with Gasteiger partial charge in [0, 0.05) is 43.6 Å². The van der Waals surface area contributed by atoms with Crippen molar-refractivity contribution in [1.29, 1.82) is 0 Å². The number of amides is 1. The van der Waals surface area contributed by atoms with Gasteiger partial charge in [-0.15, -0.1) is 0 Å². The van der Waals surface area contributed by atoms with Crippen LogP contribution in [-0.4, -0.2) is 57.1 Å². The second kappa shape index (κ2) is 10.7. The van der Waals surface area contributed by atoms with E-state index in [9.17, 15) is 4.79 Å². The third kappa shape index (κ3) is 5.28. The highest BCUT2D eigenvalue weighted by Crippen LogP contribution is 2.24. The van der Waals surface area contributed by atoms with E-state index in [1.54, 1.807) is 24.3 Å². The van der Waals surface area contributed by atoms with Gasteiger partial charge in [-0.25, -0.2) is 15.0 Å². The molecule has 4 aromatic rings. The fourth-order valence-corrected chi connectivity index (χ4v) is 5.17. The molecule has 8 nitrogen and oxygen atoms in total. The molecule has 2 aromatic carbocycles. The highest BCUT2D eigenvalue weighted by Gasteiger charge is 2.21. The maximum atomic E-state index is 12.9. The molecule has 38 heavy (non-hydrogen) atoms. The first-order valence-corrected chi connectivity index (χ1v) is 13.4. The van der Waals surface area contributed by atoms with Crippen LogP contribution in [0.3, 0.4) is 0 Å². The SMILES string of the molecule is O=C(Nc1ccc2nc3c(nc2c1)CCCC3)c1ccc(OC(=S)N2CCN(c3ccccn3)CC2)cc1. The van der Waals surface area contributed by atoms with Crippen molar-refractivity contribution in [1.82, 2.24) is 19.9 Å². The van der Waals surface area contributed by atoms with Crippen LogP contribution in [-0.2, 0) is 12.8 Å². The Kier molecular flexibility index (Phi) is 6.83. The lowest BCUT2D eigenvalue weighted by Gasteiger charge is -2.36. The molecule has 0 radical (unpaired) electrons. The third-order valence-electron chi connectivity index (χ3n) is 6.99. The summed E-state index contributed by atoms with van der Waals surface area (Å²) >= 11 is 5.54. The highest BCUT2D eigenvalue weighted by atomic mass is 32.1. The van der Waals surface area contributed by atoms with Crippen LogP contribution in [0.25, 0.3) is 11.0 Å². The molecule has 1 saturated heterocycles. The first kappa shape index (κ1) is 24.2. The lowest BCUT2D eigenvalue weighted by atomic mass is 10.0. The lowest BCUT2D eigenvalue weighted by molar-refractivity contribution is 0.102. The zero-order chi connectivity index (χ0) is 25.9. The average molecular weight is 525 g/mol. The van der Waals surface area contributed by atoms with Gasteiger partial charge in [0.15, 0.2) is 0 Å². The fraction of sp³-hybridized carbons (Fsp3) is 0.276. The van der Waals surface area contributed by atoms with Crippen molar-refractivity contribution in [2.45, 2.75) is 25.7 Å². The summed E-state index contributed by atoms with van der Waals surface area (Å²) in [6.45, 7) is 3.16. The van der Waals surface area contributed by atoms with Crippen molar-refractivity contribution in [3.8, 4) is 5.75 Å². The number of fused-ring (bicyclic) bond motifs is 2. The van der Waals surface area contributed by atoms with Crippen molar-refractivity contribution < 1.29 is 9.53 Å². The minimum absolute atomic E-state index is 0.199. The summed E-state index contributed by atoms with van der Waals surface area (Å²) in [5, 5.41) is 3.40. The summed E-state index contributed by atoms with van der Waals surface area (Å²) in [5.74, 6) is 1.38. The maximum absolute atomic E-state index is 12.9. The van der Waals surface area contributed by atoms with Crippen LogP contribution in [0.1, 0.15) is 34.6 Å². The number of hydrogen-bond acceptors (Lipinski definition) is 7. The van der Waals surface area contributed by atoms with Gasteiger partial charge in [-0.1, -0.05) is 6.07 Å². The molecule has 0 atom stereocenters. The number of nitrogens with zero attached hydrogens (tertiary/aromatic N) is 5. The highest BCUT2D eigenvalue weighted by molar-refractivity contribution is 7.80. The number of anilines is 2. The zero-order valence-corrected chi connectivity index (χ0v) is 21.8. The van der Waals surface area contributed by atoms with E-state index in [2.05, 4.69) is 20.1 Å². The largest absolute Gasteiger partial charge is 0.432 e. The molecule has 2 aromatic heterocycles. The molecule has 1 amide bonds. The molecule has 0 saturated carbocycles. The summed E-state index contributed by atoms with van der Waals surface area (Å²) in [7, 11) is 0. The molecule has 1 aliphatic heterocycles. The number of carbonyl (C=O) groups excluding carboxylic acids is 1. The molecule has 0 unspecified atom stereocenters. The van der Waals surface area contributed by atoms with Gasteiger partial charge in [-0.2, -0.15) is 0 Å². The summed E-state index contributed by atoms with van der Waals surface area (Å²) in [4.78, 5) is 31.2. The number of piperazine rings is 1. The fourth-order valence-electron chi connectivity index (χ4n) is 4.89. The Bertz CT molecular complexity index is 1470. The summed E-state index contributed by atoms with van der Waals surface area (Å²) in [6, 6.07) is 18.6. The zero-order valence-electron chi connectivity index (χ0n) is 21.0. The molecule has 192 valence electrons. The number of thiocarbonyl (C=S) groups is 1. The van der Waals surface area contributed by atoms with E-state index in [-0.39, 0.29) is 5.91 Å². The Morgan fingerprint density at radius 1 is 0.868 bits per heavy atom. The van der Waals surface area contributed by atoms with E-state index in [4.69, 9.17) is 26.9 Å². The maximum Gasteiger partial charge on any atom is 0.264 e. The van der Waals surface area contributed by atoms with E-state index in [0.29, 0.717) is 22.2 Å². The summed E-state index contributed by atoms with van der Waals surface area (Å²) in [6.07, 6.45) is 6.08. The molecule has 0 bridgehead atoms. The standard InChI is InChI=1S/C29H28N6O2S/c36-28(31-21-10-13-25-26(19-21)33-24-6-2-1-5-23(24)32-25)20-8-11-22(12-9-20)37-29(38)35-17-15-34(16-18-35)27-7-3-4-14-30-27/h3-4,7-14,19H,1-2,5-6,15-18H2,(H,31,36). The number of nitrogens with one attached hydrogen (secondary N) is 1. The van der Waals surface area contributed by atoms with E-state index in [0.717, 1.165) is 73.7 Å². The number of carbonyl (C=O) groups is 1. The van der Waals surface area contributed by atoms with Gasteiger partial charge >= 0.3 is 0 Å². The molecule has 2 aliphatic rings. The van der Waals surface area contributed by atoms with Gasteiger partial charge in [-0.05, 0) is 92.5 Å². The Morgan fingerprint density at radius 2 is 1.61 bits per heavy atom. The van der Waals surface area contributed by atoms with E-state index < -0.39 is 0 Å². The minimum atomic E-state index is -0.199. The van der Waals surface area contributed by atoms with Crippen molar-refractivity contribution in [3.63, 3.8) is 0 Å². The topological polar surface area (TPSA) is 83.5 Å². The number of aromatic nitrogens is 3. The van der Waals surface area contributed by atoms with Gasteiger partial charge in [0.25, 0.3) is 11.1 Å². The quantitative estimate of drug-likeness (QED) is 0.387. The molecule has 1 fully saturated rings. The number of aryl methyl sites for hydroxylation is 2. The second-order valence-corrected chi connectivity index (χ2v) is 9.89. The van der Waals surface area contributed by atoms with E-state index >= 15 is 0 Å². The van der Waals surface area contributed by atoms with E-state index in [1.165, 1.54) is 6.42 Å². The molecule has 3 heterocycles. The average Bonchev–Trinajstić information content (AvgIpc) is 2.97. The first-order valence-electron chi connectivity index (χ1n) is 13.0. The molecule has 1 aliphatic carbocycles. The normalized spacial score (nSPS) is 15.2. The predicted octanol–water partition coefficient (Wildman–Crippen LogP) is 4.64. The second-order valence-electron chi connectivity index (χ2n) is 9.54. The number of rotatable bonds is 4. The Balaban J connectivity index is 1.05. The smallest absolute Gasteiger partial charge is 0.264 e. The van der Waals surface area contributed by atoms with Crippen LogP contribution in [0.4, 0.5) is 11.5 Å². The molecule has 9 heteroatoms. The van der Waals surface area contributed by atoms with Crippen molar-refractivity contribution in [3.05, 3.63) is 83.8 Å². The molecular formula is C29H28N6O2S. The van der Waals surface area contributed by atoms with Gasteiger partial charge in [0.2, 0.25) is 0 Å². The molecule has 6 rings (SSSR count). The van der Waals surface area contributed by atoms with Crippen molar-refractivity contribution in [2.75, 3.05) is 36.4 Å². The van der Waals surface area contributed by atoms with Crippen LogP contribution in [0.2, 0.25) is 0 Å². The molecule has 1 N–H and O–H groups in total. The lowest BCUT2D eigenvalue weighted by Crippen LogP contribution is -2.49. The predicted molar refractivity (Wildman–Crippen MR) is 152 cm³/mol. The minimum Gasteiger partial charge on any atom is -0.432 e. The van der Waals surface area contributed by atoms with Gasteiger partial charge in [0.05, 0.1) is 22.4 Å². The van der Waals surface area contributed by atoms with Crippen molar-refractivity contribution in [2.24, 2.45) is 0 Å². The Labute approximate surface area is 226 Å². The molecule has 0 spiro atoms. The van der Waals surface area contributed by atoms with Gasteiger partial charge < -0.3 is 19.9 Å². The number of hydrogen-bond donors (Lipinski definition) is 1. The third-order valence-corrected chi connectivity index (χ3v) is 7.33. The van der Waals surface area contributed by atoms with Crippen LogP contribution >= 0.6 is 12.2 Å². The summed E-state index contributed by atoms with van der Waals surface area (Å²) < 4.78 is 5.92. The van der Waals surface area contributed by atoms with Gasteiger partial charge in [-0.3, -0.25) is 4.79 Å². The van der Waals surface area contributed by atoms with Crippen LogP contribution in [0.15, 0.2) is 66.9 Å². The van der Waals surface area contributed by atoms with Crippen molar-refractivity contribution >= 4 is 45.8 Å². The van der Waals surface area contributed by atoms with Crippen LogP contribution < -0.4 is 15.0 Å². The summed E-state index contributed by atoms with van der Waals surface area (Å²) in [5.41, 5.74) is 5.08. The number of ether oxygens (including phenoxy) is 1. The Morgan fingerprint density at radius 3 is 2.32 bits per heavy atom. The number of benzene rings is 2. The molecular weight excluding hydrogens is 496 g/mol. The first-order chi connectivity index (χ1) is 18.6. The number of pyridine rings is 1. The monoisotopic (exact) mass is 524 g/mol. The van der Waals surface area contributed by atoms with Crippen LogP contribution in [0, 0.1) is 0 Å². The van der Waals surface area contributed by atoms with Gasteiger partial charge in [0.1, 0.15) is 11.6 Å². The van der Waals surface area contributed by atoms with E-state index in [1.807, 2.05) is 42.6 Å². The Hall–Kier alpha value is -4.11.